The molecule has 0 aliphatic carbocycles. The van der Waals surface area contributed by atoms with E-state index in [1.54, 1.807) is 0 Å². The van der Waals surface area contributed by atoms with Gasteiger partial charge in [0, 0.05) is 16.9 Å². The van der Waals surface area contributed by atoms with Gasteiger partial charge in [0.1, 0.15) is 0 Å². The Bertz CT molecular complexity index is 2920. The van der Waals surface area contributed by atoms with E-state index in [1.165, 1.54) is 76.8 Å². The quantitative estimate of drug-likeness (QED) is 0.150. The molecule has 0 amide bonds. The molecule has 0 bridgehead atoms. The first-order valence-corrected chi connectivity index (χ1v) is 18.9. The highest BCUT2D eigenvalue weighted by molar-refractivity contribution is 6.24. The molecule has 258 valence electrons. The minimum Gasteiger partial charge on any atom is -0.310 e. The fraction of sp³-hybridized carbons (Fsp3) is 0. The molecule has 1 nitrogen and oxygen atoms in total. The van der Waals surface area contributed by atoms with E-state index < -0.39 is 0 Å². The molecule has 10 aromatic rings. The molecular formula is C54H37N. The largest absolute Gasteiger partial charge is 0.310 e. The van der Waals surface area contributed by atoms with E-state index in [2.05, 4.69) is 229 Å². The molecule has 0 saturated carbocycles. The first-order chi connectivity index (χ1) is 27.3. The maximum absolute atomic E-state index is 2.39. The van der Waals surface area contributed by atoms with Crippen molar-refractivity contribution < 1.29 is 0 Å². The third-order valence-corrected chi connectivity index (χ3v) is 10.9. The summed E-state index contributed by atoms with van der Waals surface area (Å²) in [6.45, 7) is 0. The predicted octanol–water partition coefficient (Wildman–Crippen LogP) is 15.3. The van der Waals surface area contributed by atoms with Gasteiger partial charge in [0.25, 0.3) is 0 Å². The lowest BCUT2D eigenvalue weighted by Gasteiger charge is -2.28. The Labute approximate surface area is 322 Å². The molecule has 0 radical (unpaired) electrons. The maximum Gasteiger partial charge on any atom is 0.0540 e. The van der Waals surface area contributed by atoms with Gasteiger partial charge in [-0.2, -0.15) is 0 Å². The third-order valence-electron chi connectivity index (χ3n) is 10.9. The zero-order valence-corrected chi connectivity index (χ0v) is 30.3. The van der Waals surface area contributed by atoms with E-state index in [4.69, 9.17) is 0 Å². The van der Waals surface area contributed by atoms with Crippen LogP contribution in [-0.4, -0.2) is 0 Å². The SMILES string of the molecule is c1ccc(-c2ccc(-c3ccccc3N(c3ccc(-c4ccccc4)cc3)c3ccc(-c4cccc5ccc6ccc7ccccc7c6c45)cc3)cc2)cc1. The highest BCUT2D eigenvalue weighted by Gasteiger charge is 2.18. The number of benzene rings is 10. The molecule has 1 heteroatoms. The lowest BCUT2D eigenvalue weighted by atomic mass is 9.91. The Morgan fingerprint density at radius 1 is 0.236 bits per heavy atom. The second-order valence-electron chi connectivity index (χ2n) is 14.1. The van der Waals surface area contributed by atoms with Crippen molar-refractivity contribution in [1.82, 2.24) is 0 Å². The van der Waals surface area contributed by atoms with E-state index in [0.29, 0.717) is 0 Å². The number of hydrogen-bond donors (Lipinski definition) is 0. The molecule has 10 aromatic carbocycles. The van der Waals surface area contributed by atoms with E-state index in [1.807, 2.05) is 0 Å². The summed E-state index contributed by atoms with van der Waals surface area (Å²) in [5.74, 6) is 0. The van der Waals surface area contributed by atoms with Crippen LogP contribution in [0, 0.1) is 0 Å². The van der Waals surface area contributed by atoms with Crippen LogP contribution in [0.15, 0.2) is 224 Å². The Kier molecular flexibility index (Phi) is 8.24. The normalized spacial score (nSPS) is 11.3. The second kappa shape index (κ2) is 14.0. The van der Waals surface area contributed by atoms with Crippen LogP contribution in [0.3, 0.4) is 0 Å². The van der Waals surface area contributed by atoms with E-state index >= 15 is 0 Å². The van der Waals surface area contributed by atoms with Crippen molar-refractivity contribution in [3.8, 4) is 44.5 Å². The van der Waals surface area contributed by atoms with Crippen LogP contribution >= 0.6 is 0 Å². The number of para-hydroxylation sites is 1. The standard InChI is InChI=1S/C54H37N/c1-3-12-38(13-4-1)40-22-24-43(25-23-40)49-18-9-10-21-52(49)55(47-34-30-41(31-35-47)39-14-5-2-6-15-39)48-36-32-44(33-37-48)51-20-11-17-45-28-29-46-27-26-42-16-7-8-19-50(42)54(46)53(45)51/h1-37H. The molecule has 0 atom stereocenters. The molecule has 10 rings (SSSR count). The Morgan fingerprint density at radius 2 is 0.655 bits per heavy atom. The molecule has 0 unspecified atom stereocenters. The number of rotatable bonds is 7. The van der Waals surface area contributed by atoms with Gasteiger partial charge in [-0.15, -0.1) is 0 Å². The number of fused-ring (bicyclic) bond motifs is 5. The van der Waals surface area contributed by atoms with Crippen molar-refractivity contribution in [3.63, 3.8) is 0 Å². The second-order valence-corrected chi connectivity index (χ2v) is 14.1. The van der Waals surface area contributed by atoms with Gasteiger partial charge in [-0.1, -0.05) is 194 Å². The fourth-order valence-corrected chi connectivity index (χ4v) is 8.15. The lowest BCUT2D eigenvalue weighted by molar-refractivity contribution is 1.28. The van der Waals surface area contributed by atoms with Crippen LogP contribution in [-0.2, 0) is 0 Å². The molecule has 0 fully saturated rings. The monoisotopic (exact) mass is 699 g/mol. The average molecular weight is 700 g/mol. The van der Waals surface area contributed by atoms with Crippen LogP contribution in [0.2, 0.25) is 0 Å². The highest BCUT2D eigenvalue weighted by atomic mass is 15.1. The Balaban J connectivity index is 1.11. The molecule has 0 aliphatic rings. The van der Waals surface area contributed by atoms with Crippen LogP contribution in [0.25, 0.3) is 76.8 Å². The van der Waals surface area contributed by atoms with Gasteiger partial charge < -0.3 is 4.90 Å². The summed E-state index contributed by atoms with van der Waals surface area (Å²) in [5.41, 5.74) is 12.9. The minimum atomic E-state index is 1.10. The Morgan fingerprint density at radius 3 is 1.31 bits per heavy atom. The summed E-state index contributed by atoms with van der Waals surface area (Å²) in [6, 6.07) is 81.4. The van der Waals surface area contributed by atoms with E-state index in [0.717, 1.165) is 17.1 Å². The molecule has 55 heavy (non-hydrogen) atoms. The van der Waals surface area contributed by atoms with Gasteiger partial charge in [0.2, 0.25) is 0 Å². The first-order valence-electron chi connectivity index (χ1n) is 18.9. The number of hydrogen-bond acceptors (Lipinski definition) is 1. The van der Waals surface area contributed by atoms with Crippen molar-refractivity contribution >= 4 is 49.4 Å². The van der Waals surface area contributed by atoms with Crippen molar-refractivity contribution in [3.05, 3.63) is 224 Å². The van der Waals surface area contributed by atoms with E-state index in [-0.39, 0.29) is 0 Å². The summed E-state index contributed by atoms with van der Waals surface area (Å²) >= 11 is 0. The molecule has 0 aliphatic heterocycles. The van der Waals surface area contributed by atoms with Gasteiger partial charge >= 0.3 is 0 Å². The molecule has 0 heterocycles. The first kappa shape index (κ1) is 32.4. The topological polar surface area (TPSA) is 3.24 Å². The summed E-state index contributed by atoms with van der Waals surface area (Å²) in [4.78, 5) is 2.39. The maximum atomic E-state index is 2.39. The van der Waals surface area contributed by atoms with Crippen LogP contribution in [0.1, 0.15) is 0 Å². The van der Waals surface area contributed by atoms with Crippen LogP contribution in [0.5, 0.6) is 0 Å². The third kappa shape index (κ3) is 6.02. The summed E-state index contributed by atoms with van der Waals surface area (Å²) in [5, 5.41) is 7.65. The average Bonchev–Trinajstić information content (AvgIpc) is 3.27. The highest BCUT2D eigenvalue weighted by Crippen LogP contribution is 2.43. The molecule has 0 N–H and O–H groups in total. The van der Waals surface area contributed by atoms with Gasteiger partial charge in [-0.25, -0.2) is 0 Å². The summed E-state index contributed by atoms with van der Waals surface area (Å²) in [6.07, 6.45) is 0. The molecule has 0 saturated heterocycles. The van der Waals surface area contributed by atoms with Crippen molar-refractivity contribution in [2.24, 2.45) is 0 Å². The van der Waals surface area contributed by atoms with Crippen LogP contribution in [0.4, 0.5) is 17.1 Å². The number of nitrogens with zero attached hydrogens (tertiary/aromatic N) is 1. The molecule has 0 spiro atoms. The van der Waals surface area contributed by atoms with E-state index in [9.17, 15) is 0 Å². The van der Waals surface area contributed by atoms with Gasteiger partial charge in [0.15, 0.2) is 0 Å². The van der Waals surface area contributed by atoms with Crippen LogP contribution < -0.4 is 4.90 Å². The van der Waals surface area contributed by atoms with Crippen molar-refractivity contribution in [1.29, 1.82) is 0 Å². The summed E-state index contributed by atoms with van der Waals surface area (Å²) < 4.78 is 0. The Hall–Kier alpha value is -7.22. The lowest BCUT2D eigenvalue weighted by Crippen LogP contribution is -2.11. The van der Waals surface area contributed by atoms with Crippen molar-refractivity contribution in [2.75, 3.05) is 4.90 Å². The molecular weight excluding hydrogens is 663 g/mol. The van der Waals surface area contributed by atoms with Crippen molar-refractivity contribution in [2.45, 2.75) is 0 Å². The number of anilines is 3. The summed E-state index contributed by atoms with van der Waals surface area (Å²) in [7, 11) is 0. The van der Waals surface area contributed by atoms with Gasteiger partial charge in [-0.05, 0) is 102 Å². The predicted molar refractivity (Wildman–Crippen MR) is 235 cm³/mol. The zero-order chi connectivity index (χ0) is 36.6. The smallest absolute Gasteiger partial charge is 0.0540 e. The fourth-order valence-electron chi connectivity index (χ4n) is 8.15. The van der Waals surface area contributed by atoms with Gasteiger partial charge in [-0.3, -0.25) is 0 Å². The minimum absolute atomic E-state index is 1.10. The van der Waals surface area contributed by atoms with Gasteiger partial charge in [0.05, 0.1) is 5.69 Å². The molecule has 0 aromatic heterocycles. The zero-order valence-electron chi connectivity index (χ0n) is 30.3.